The first-order valence-corrected chi connectivity index (χ1v) is 8.50. The van der Waals surface area contributed by atoms with Crippen molar-refractivity contribution in [1.82, 2.24) is 10.0 Å². The van der Waals surface area contributed by atoms with Crippen LogP contribution in [0.1, 0.15) is 23.1 Å². The second-order valence-electron chi connectivity index (χ2n) is 4.98. The number of thiophene rings is 1. The van der Waals surface area contributed by atoms with Gasteiger partial charge in [-0.25, -0.2) is 13.1 Å². The second-order valence-corrected chi connectivity index (χ2v) is 8.12. The highest BCUT2D eigenvalue weighted by Gasteiger charge is 2.28. The quantitative estimate of drug-likeness (QED) is 0.889. The first-order valence-electron chi connectivity index (χ1n) is 6.20. The third-order valence-electron chi connectivity index (χ3n) is 3.38. The Kier molecular flexibility index (Phi) is 4.11. The lowest BCUT2D eigenvalue weighted by molar-refractivity contribution is 0.328. The van der Waals surface area contributed by atoms with Gasteiger partial charge in [0.2, 0.25) is 10.0 Å². The second kappa shape index (κ2) is 5.28. The maximum atomic E-state index is 12.4. The molecule has 6 heteroatoms. The topological polar surface area (TPSA) is 58.2 Å². The summed E-state index contributed by atoms with van der Waals surface area (Å²) in [5.74, 6) is 0.327. The molecule has 18 heavy (non-hydrogen) atoms. The molecule has 1 aliphatic rings. The van der Waals surface area contributed by atoms with E-state index in [4.69, 9.17) is 0 Å². The third-order valence-corrected chi connectivity index (χ3v) is 6.09. The van der Waals surface area contributed by atoms with E-state index in [-0.39, 0.29) is 6.04 Å². The zero-order chi connectivity index (χ0) is 13.3. The van der Waals surface area contributed by atoms with Gasteiger partial charge in [-0.2, -0.15) is 0 Å². The van der Waals surface area contributed by atoms with Gasteiger partial charge in [-0.3, -0.25) is 0 Å². The Hall–Kier alpha value is -0.430. The predicted molar refractivity (Wildman–Crippen MR) is 74.6 cm³/mol. The van der Waals surface area contributed by atoms with Crippen molar-refractivity contribution in [2.75, 3.05) is 13.1 Å². The number of hydrogen-bond acceptors (Lipinski definition) is 4. The van der Waals surface area contributed by atoms with Crippen LogP contribution in [-0.4, -0.2) is 27.5 Å². The van der Waals surface area contributed by atoms with E-state index in [1.54, 1.807) is 6.07 Å². The monoisotopic (exact) mass is 288 g/mol. The van der Waals surface area contributed by atoms with E-state index in [1.165, 1.54) is 11.3 Å². The van der Waals surface area contributed by atoms with Crippen LogP contribution >= 0.6 is 11.3 Å². The molecule has 1 aromatic rings. The largest absolute Gasteiger partial charge is 0.316 e. The summed E-state index contributed by atoms with van der Waals surface area (Å²) >= 11 is 1.53. The van der Waals surface area contributed by atoms with Gasteiger partial charge in [-0.15, -0.1) is 11.3 Å². The molecular weight excluding hydrogens is 268 g/mol. The molecule has 0 aliphatic carbocycles. The van der Waals surface area contributed by atoms with Crippen LogP contribution < -0.4 is 10.0 Å². The molecule has 2 atom stereocenters. The minimum Gasteiger partial charge on any atom is -0.316 e. The Morgan fingerprint density at radius 2 is 2.17 bits per heavy atom. The Morgan fingerprint density at radius 1 is 1.44 bits per heavy atom. The van der Waals surface area contributed by atoms with Gasteiger partial charge in [0.15, 0.2) is 0 Å². The van der Waals surface area contributed by atoms with Gasteiger partial charge < -0.3 is 5.32 Å². The van der Waals surface area contributed by atoms with Gasteiger partial charge >= 0.3 is 0 Å². The van der Waals surface area contributed by atoms with Crippen LogP contribution in [0.4, 0.5) is 0 Å². The summed E-state index contributed by atoms with van der Waals surface area (Å²) in [5, 5.41) is 3.27. The van der Waals surface area contributed by atoms with Crippen molar-refractivity contribution in [1.29, 1.82) is 0 Å². The molecule has 1 aromatic heterocycles. The van der Waals surface area contributed by atoms with Crippen molar-refractivity contribution in [3.8, 4) is 0 Å². The smallest absolute Gasteiger partial charge is 0.241 e. The van der Waals surface area contributed by atoms with Crippen LogP contribution in [0.2, 0.25) is 0 Å². The van der Waals surface area contributed by atoms with Gasteiger partial charge in [0.05, 0.1) is 4.90 Å². The summed E-state index contributed by atoms with van der Waals surface area (Å²) in [7, 11) is -3.37. The molecule has 1 saturated heterocycles. The lowest BCUT2D eigenvalue weighted by atomic mass is 9.97. The van der Waals surface area contributed by atoms with Crippen molar-refractivity contribution < 1.29 is 8.42 Å². The Labute approximate surface area is 113 Å². The van der Waals surface area contributed by atoms with Crippen molar-refractivity contribution >= 4 is 21.4 Å². The highest BCUT2D eigenvalue weighted by molar-refractivity contribution is 7.89. The SMILES string of the molecule is Cc1cc(S(=O)(=O)NC2CCNCC2C)c(C)s1. The maximum Gasteiger partial charge on any atom is 0.241 e. The van der Waals surface area contributed by atoms with E-state index in [1.807, 2.05) is 13.8 Å². The van der Waals surface area contributed by atoms with Crippen LogP contribution in [-0.2, 0) is 10.0 Å². The van der Waals surface area contributed by atoms with Crippen molar-refractivity contribution in [2.24, 2.45) is 5.92 Å². The van der Waals surface area contributed by atoms with Gasteiger partial charge in [0, 0.05) is 15.8 Å². The highest BCUT2D eigenvalue weighted by Crippen LogP contribution is 2.25. The average molecular weight is 288 g/mol. The van der Waals surface area contributed by atoms with Crippen molar-refractivity contribution in [3.63, 3.8) is 0 Å². The zero-order valence-electron chi connectivity index (χ0n) is 11.0. The minimum absolute atomic E-state index is 0.0378. The van der Waals surface area contributed by atoms with E-state index >= 15 is 0 Å². The first-order chi connectivity index (χ1) is 8.40. The van der Waals surface area contributed by atoms with Crippen molar-refractivity contribution in [3.05, 3.63) is 15.8 Å². The molecule has 0 radical (unpaired) electrons. The van der Waals surface area contributed by atoms with Crippen LogP contribution in [0.3, 0.4) is 0 Å². The number of aryl methyl sites for hydroxylation is 2. The lowest BCUT2D eigenvalue weighted by Crippen LogP contribution is -2.48. The average Bonchev–Trinajstić information content (AvgIpc) is 2.62. The summed E-state index contributed by atoms with van der Waals surface area (Å²) in [6, 6.07) is 1.80. The summed E-state index contributed by atoms with van der Waals surface area (Å²) < 4.78 is 27.6. The fourth-order valence-corrected chi connectivity index (χ4v) is 5.26. The molecule has 0 aromatic carbocycles. The Balaban J connectivity index is 2.19. The molecule has 2 rings (SSSR count). The number of rotatable bonds is 3. The molecule has 1 fully saturated rings. The Bertz CT molecular complexity index is 522. The van der Waals surface area contributed by atoms with E-state index in [0.29, 0.717) is 10.8 Å². The first kappa shape index (κ1) is 14.0. The van der Waals surface area contributed by atoms with E-state index < -0.39 is 10.0 Å². The molecule has 0 saturated carbocycles. The number of nitrogens with one attached hydrogen (secondary N) is 2. The zero-order valence-corrected chi connectivity index (χ0v) is 12.6. The van der Waals surface area contributed by atoms with Gasteiger partial charge in [0.25, 0.3) is 0 Å². The Morgan fingerprint density at radius 3 is 2.72 bits per heavy atom. The fourth-order valence-electron chi connectivity index (χ4n) is 2.33. The summed E-state index contributed by atoms with van der Waals surface area (Å²) in [6.45, 7) is 7.61. The molecule has 2 N–H and O–H groups in total. The van der Waals surface area contributed by atoms with Gasteiger partial charge in [-0.05, 0) is 45.3 Å². The molecule has 1 aliphatic heterocycles. The number of piperidine rings is 1. The van der Waals surface area contributed by atoms with E-state index in [0.717, 1.165) is 29.3 Å². The molecule has 0 amide bonds. The molecular formula is C12H20N2O2S2. The van der Waals surface area contributed by atoms with Gasteiger partial charge in [-0.1, -0.05) is 6.92 Å². The highest BCUT2D eigenvalue weighted by atomic mass is 32.2. The van der Waals surface area contributed by atoms with E-state index in [2.05, 4.69) is 17.0 Å². The predicted octanol–water partition coefficient (Wildman–Crippen LogP) is 1.64. The normalized spacial score (nSPS) is 25.3. The summed E-state index contributed by atoms with van der Waals surface area (Å²) in [6.07, 6.45) is 0.850. The molecule has 2 unspecified atom stereocenters. The summed E-state index contributed by atoms with van der Waals surface area (Å²) in [4.78, 5) is 2.34. The fraction of sp³-hybridized carbons (Fsp3) is 0.667. The van der Waals surface area contributed by atoms with Gasteiger partial charge in [0.1, 0.15) is 0 Å². The molecule has 102 valence electrons. The maximum absolute atomic E-state index is 12.4. The van der Waals surface area contributed by atoms with E-state index in [9.17, 15) is 8.42 Å². The minimum atomic E-state index is -3.37. The molecule has 2 heterocycles. The molecule has 4 nitrogen and oxygen atoms in total. The van der Waals surface area contributed by atoms with Crippen LogP contribution in [0, 0.1) is 19.8 Å². The van der Waals surface area contributed by atoms with Crippen LogP contribution in [0.15, 0.2) is 11.0 Å². The van der Waals surface area contributed by atoms with Crippen LogP contribution in [0.5, 0.6) is 0 Å². The standard InChI is InChI=1S/C12H20N2O2S2/c1-8-7-13-5-4-11(8)14-18(15,16)12-6-9(2)17-10(12)3/h6,8,11,13-14H,4-5,7H2,1-3H3. The molecule has 0 bridgehead atoms. The number of sulfonamides is 1. The van der Waals surface area contributed by atoms with Crippen LogP contribution in [0.25, 0.3) is 0 Å². The number of hydrogen-bond donors (Lipinski definition) is 2. The lowest BCUT2D eigenvalue weighted by Gasteiger charge is -2.29. The van der Waals surface area contributed by atoms with Crippen molar-refractivity contribution in [2.45, 2.75) is 38.1 Å². The third kappa shape index (κ3) is 2.93. The summed E-state index contributed by atoms with van der Waals surface area (Å²) in [5.41, 5.74) is 0. The molecule has 0 spiro atoms.